The Morgan fingerprint density at radius 3 is 2.38 bits per heavy atom. The summed E-state index contributed by atoms with van der Waals surface area (Å²) in [6, 6.07) is 12.5. The highest BCUT2D eigenvalue weighted by Crippen LogP contribution is 2.33. The molecule has 0 fully saturated rings. The van der Waals surface area contributed by atoms with Crippen LogP contribution in [0.3, 0.4) is 0 Å². The summed E-state index contributed by atoms with van der Waals surface area (Å²) in [6.45, 7) is 0. The number of nitrogens with one attached hydrogen (secondary N) is 2. The number of amides is 1. The Labute approximate surface area is 153 Å². The van der Waals surface area contributed by atoms with Gasteiger partial charge in [0.15, 0.2) is 0 Å². The van der Waals surface area contributed by atoms with Gasteiger partial charge < -0.3 is 0 Å². The van der Waals surface area contributed by atoms with Gasteiger partial charge in [0.2, 0.25) is 0 Å². The zero-order chi connectivity index (χ0) is 17.1. The molecule has 0 bridgehead atoms. The second-order valence-electron chi connectivity index (χ2n) is 4.83. The predicted octanol–water partition coefficient (Wildman–Crippen LogP) is 4.59. The molecule has 0 aliphatic heterocycles. The SMILES string of the molecule is O=C(NNc1c(Cl)cc(Cl)cc1Cl)c1cnn(-c2ccccc2)c1. The van der Waals surface area contributed by atoms with Gasteiger partial charge in [-0.1, -0.05) is 53.0 Å². The Balaban J connectivity index is 1.71. The summed E-state index contributed by atoms with van der Waals surface area (Å²) in [5.74, 6) is -0.376. The highest BCUT2D eigenvalue weighted by atomic mass is 35.5. The largest absolute Gasteiger partial charge is 0.295 e. The maximum Gasteiger partial charge on any atom is 0.272 e. The topological polar surface area (TPSA) is 59.0 Å². The van der Waals surface area contributed by atoms with Crippen molar-refractivity contribution in [3.63, 3.8) is 0 Å². The Bertz CT molecular complexity index is 857. The molecule has 1 aromatic heterocycles. The van der Waals surface area contributed by atoms with Crippen molar-refractivity contribution >= 4 is 46.4 Å². The number of halogens is 3. The molecule has 0 aliphatic rings. The van der Waals surface area contributed by atoms with E-state index in [0.29, 0.717) is 26.3 Å². The quantitative estimate of drug-likeness (QED) is 0.650. The van der Waals surface area contributed by atoms with E-state index >= 15 is 0 Å². The maximum absolute atomic E-state index is 12.2. The van der Waals surface area contributed by atoms with Gasteiger partial charge in [0.25, 0.3) is 5.91 Å². The molecule has 0 saturated heterocycles. The van der Waals surface area contributed by atoms with Crippen LogP contribution in [0.25, 0.3) is 5.69 Å². The monoisotopic (exact) mass is 380 g/mol. The first-order chi connectivity index (χ1) is 11.5. The van der Waals surface area contributed by atoms with Gasteiger partial charge in [-0.25, -0.2) is 4.68 Å². The van der Waals surface area contributed by atoms with E-state index in [1.54, 1.807) is 10.9 Å². The predicted molar refractivity (Wildman–Crippen MR) is 96.1 cm³/mol. The van der Waals surface area contributed by atoms with Crippen molar-refractivity contribution < 1.29 is 4.79 Å². The normalized spacial score (nSPS) is 10.5. The van der Waals surface area contributed by atoms with Crippen LogP contribution >= 0.6 is 34.8 Å². The van der Waals surface area contributed by atoms with Crippen LogP contribution in [-0.2, 0) is 0 Å². The minimum atomic E-state index is -0.376. The number of benzene rings is 2. The van der Waals surface area contributed by atoms with Gasteiger partial charge in [-0.2, -0.15) is 5.10 Å². The fourth-order valence-corrected chi connectivity index (χ4v) is 2.93. The molecule has 0 aliphatic carbocycles. The third-order valence-corrected chi connectivity index (χ3v) is 3.99. The van der Waals surface area contributed by atoms with E-state index in [0.717, 1.165) is 5.69 Å². The van der Waals surface area contributed by atoms with E-state index in [1.165, 1.54) is 18.3 Å². The Kier molecular flexibility index (Phi) is 4.94. The van der Waals surface area contributed by atoms with E-state index in [-0.39, 0.29) is 5.91 Å². The molecule has 3 rings (SSSR count). The molecule has 0 saturated carbocycles. The lowest BCUT2D eigenvalue weighted by molar-refractivity contribution is 0.0962. The molecule has 122 valence electrons. The molecule has 0 atom stereocenters. The summed E-state index contributed by atoms with van der Waals surface area (Å²) in [5.41, 5.74) is 6.83. The minimum absolute atomic E-state index is 0.299. The van der Waals surface area contributed by atoms with Crippen molar-refractivity contribution in [1.29, 1.82) is 0 Å². The lowest BCUT2D eigenvalue weighted by Crippen LogP contribution is -2.29. The van der Waals surface area contributed by atoms with Gasteiger partial charge in [-0.05, 0) is 24.3 Å². The number of carbonyl (C=O) groups excluding carboxylic acids is 1. The number of aromatic nitrogens is 2. The summed E-state index contributed by atoms with van der Waals surface area (Å²) >= 11 is 17.9. The number of hydrogen-bond acceptors (Lipinski definition) is 3. The summed E-state index contributed by atoms with van der Waals surface area (Å²) in [4.78, 5) is 12.2. The molecule has 0 unspecified atom stereocenters. The first kappa shape index (κ1) is 16.6. The van der Waals surface area contributed by atoms with E-state index in [4.69, 9.17) is 34.8 Å². The van der Waals surface area contributed by atoms with E-state index in [2.05, 4.69) is 16.0 Å². The fourth-order valence-electron chi connectivity index (χ4n) is 2.02. The summed E-state index contributed by atoms with van der Waals surface area (Å²) in [6.07, 6.45) is 3.09. The molecule has 2 aromatic carbocycles. The number of hydrazine groups is 1. The van der Waals surface area contributed by atoms with Crippen LogP contribution in [0.5, 0.6) is 0 Å². The van der Waals surface area contributed by atoms with Crippen LogP contribution in [0.15, 0.2) is 54.9 Å². The average Bonchev–Trinajstić information content (AvgIpc) is 3.04. The van der Waals surface area contributed by atoms with Gasteiger partial charge in [0, 0.05) is 11.2 Å². The molecular formula is C16H11Cl3N4O. The number of nitrogens with zero attached hydrogens (tertiary/aromatic N) is 2. The Morgan fingerprint density at radius 2 is 1.71 bits per heavy atom. The Morgan fingerprint density at radius 1 is 1.04 bits per heavy atom. The van der Waals surface area contributed by atoms with E-state index in [9.17, 15) is 4.79 Å². The standard InChI is InChI=1S/C16H11Cl3N4O/c17-11-6-13(18)15(14(19)7-11)21-22-16(24)10-8-20-23(9-10)12-4-2-1-3-5-12/h1-9,21H,(H,22,24). The summed E-state index contributed by atoms with van der Waals surface area (Å²) < 4.78 is 1.61. The van der Waals surface area contributed by atoms with E-state index in [1.807, 2.05) is 30.3 Å². The fraction of sp³-hybridized carbons (Fsp3) is 0. The van der Waals surface area contributed by atoms with Crippen LogP contribution in [0.1, 0.15) is 10.4 Å². The third-order valence-electron chi connectivity index (χ3n) is 3.17. The van der Waals surface area contributed by atoms with Crippen LogP contribution in [0, 0.1) is 0 Å². The molecule has 1 heterocycles. The summed E-state index contributed by atoms with van der Waals surface area (Å²) in [5, 5.41) is 5.17. The molecule has 3 aromatic rings. The van der Waals surface area contributed by atoms with Crippen molar-refractivity contribution in [3.05, 3.63) is 75.5 Å². The van der Waals surface area contributed by atoms with Gasteiger partial charge >= 0.3 is 0 Å². The molecule has 8 heteroatoms. The minimum Gasteiger partial charge on any atom is -0.295 e. The molecular weight excluding hydrogens is 371 g/mol. The first-order valence-corrected chi connectivity index (χ1v) is 7.99. The van der Waals surface area contributed by atoms with Crippen LogP contribution in [-0.4, -0.2) is 15.7 Å². The zero-order valence-corrected chi connectivity index (χ0v) is 14.4. The lowest BCUT2D eigenvalue weighted by atomic mass is 10.3. The first-order valence-electron chi connectivity index (χ1n) is 6.85. The van der Waals surface area contributed by atoms with Crippen LogP contribution in [0.2, 0.25) is 15.1 Å². The number of carbonyl (C=O) groups is 1. The molecule has 1 amide bonds. The Hall–Kier alpha value is -2.21. The second kappa shape index (κ2) is 7.13. The van der Waals surface area contributed by atoms with Crippen molar-refractivity contribution in [2.45, 2.75) is 0 Å². The number of rotatable bonds is 4. The highest BCUT2D eigenvalue weighted by Gasteiger charge is 2.12. The van der Waals surface area contributed by atoms with Crippen molar-refractivity contribution in [2.75, 3.05) is 5.43 Å². The number of hydrogen-bond donors (Lipinski definition) is 2. The smallest absolute Gasteiger partial charge is 0.272 e. The maximum atomic E-state index is 12.2. The molecule has 0 spiro atoms. The van der Waals surface area contributed by atoms with Gasteiger partial charge in [-0.3, -0.25) is 15.6 Å². The second-order valence-corrected chi connectivity index (χ2v) is 6.08. The van der Waals surface area contributed by atoms with Crippen LogP contribution in [0.4, 0.5) is 5.69 Å². The van der Waals surface area contributed by atoms with Gasteiger partial charge in [-0.15, -0.1) is 0 Å². The average molecular weight is 382 g/mol. The molecule has 24 heavy (non-hydrogen) atoms. The van der Waals surface area contributed by atoms with Crippen molar-refractivity contribution in [1.82, 2.24) is 15.2 Å². The van der Waals surface area contributed by atoms with Gasteiger partial charge in [0.05, 0.1) is 33.2 Å². The third kappa shape index (κ3) is 3.64. The lowest BCUT2D eigenvalue weighted by Gasteiger charge is -2.11. The molecule has 2 N–H and O–H groups in total. The van der Waals surface area contributed by atoms with E-state index < -0.39 is 0 Å². The highest BCUT2D eigenvalue weighted by molar-refractivity contribution is 6.41. The summed E-state index contributed by atoms with van der Waals surface area (Å²) in [7, 11) is 0. The van der Waals surface area contributed by atoms with Crippen molar-refractivity contribution in [2.24, 2.45) is 0 Å². The van der Waals surface area contributed by atoms with Gasteiger partial charge in [0.1, 0.15) is 0 Å². The van der Waals surface area contributed by atoms with Crippen LogP contribution < -0.4 is 10.9 Å². The number of anilines is 1. The molecule has 5 nitrogen and oxygen atoms in total. The zero-order valence-electron chi connectivity index (χ0n) is 12.1. The molecule has 0 radical (unpaired) electrons. The van der Waals surface area contributed by atoms with Crippen molar-refractivity contribution in [3.8, 4) is 5.69 Å². The number of para-hydroxylation sites is 1.